The van der Waals surface area contributed by atoms with Crippen molar-refractivity contribution in [2.45, 2.75) is 70.5 Å². The predicted molar refractivity (Wildman–Crippen MR) is 161 cm³/mol. The van der Waals surface area contributed by atoms with Gasteiger partial charge in [-0.3, -0.25) is 13.9 Å². The van der Waals surface area contributed by atoms with Crippen LogP contribution in [0.5, 0.6) is 0 Å². The second kappa shape index (κ2) is 13.3. The van der Waals surface area contributed by atoms with Crippen molar-refractivity contribution in [2.24, 2.45) is 0 Å². The number of nitrogens with one attached hydrogen (secondary N) is 1. The molecule has 3 rings (SSSR count). The number of benzene rings is 3. The van der Waals surface area contributed by atoms with E-state index in [2.05, 4.69) is 5.32 Å². The monoisotopic (exact) mass is 583 g/mol. The molecule has 0 aliphatic carbocycles. The summed E-state index contributed by atoms with van der Waals surface area (Å²) in [6, 6.07) is 21.5. The zero-order valence-electron chi connectivity index (χ0n) is 23.7. The lowest BCUT2D eigenvalue weighted by molar-refractivity contribution is -0.141. The first-order chi connectivity index (χ1) is 18.9. The summed E-state index contributed by atoms with van der Waals surface area (Å²) < 4.78 is 29.1. The Balaban J connectivity index is 2.11. The summed E-state index contributed by atoms with van der Waals surface area (Å²) in [4.78, 5) is 29.1. The molecule has 0 aliphatic heterocycles. The smallest absolute Gasteiger partial charge is 0.264 e. The molecule has 7 nitrogen and oxygen atoms in total. The molecule has 9 heteroatoms. The first-order valence-corrected chi connectivity index (χ1v) is 15.2. The van der Waals surface area contributed by atoms with Crippen LogP contribution in [0, 0.1) is 0 Å². The molecule has 0 aliphatic rings. The van der Waals surface area contributed by atoms with Crippen LogP contribution in [-0.2, 0) is 32.6 Å². The van der Waals surface area contributed by atoms with Crippen LogP contribution in [-0.4, -0.2) is 43.3 Å². The molecule has 1 N–H and O–H groups in total. The van der Waals surface area contributed by atoms with Gasteiger partial charge in [-0.25, -0.2) is 8.42 Å². The highest BCUT2D eigenvalue weighted by Crippen LogP contribution is 2.29. The molecule has 3 aromatic carbocycles. The number of sulfonamides is 1. The quantitative estimate of drug-likeness (QED) is 0.308. The van der Waals surface area contributed by atoms with Crippen LogP contribution in [0.4, 0.5) is 5.69 Å². The Bertz CT molecular complexity index is 1420. The molecule has 0 radical (unpaired) electrons. The lowest BCUT2D eigenvalue weighted by Gasteiger charge is -2.35. The van der Waals surface area contributed by atoms with Gasteiger partial charge in [0.1, 0.15) is 12.6 Å². The average molecular weight is 584 g/mol. The van der Waals surface area contributed by atoms with Gasteiger partial charge in [-0.05, 0) is 69.0 Å². The normalized spacial score (nSPS) is 12.4. The maximum absolute atomic E-state index is 14.2. The van der Waals surface area contributed by atoms with E-state index < -0.39 is 34.1 Å². The second-order valence-electron chi connectivity index (χ2n) is 10.6. The van der Waals surface area contributed by atoms with E-state index in [1.54, 1.807) is 48.5 Å². The van der Waals surface area contributed by atoms with Crippen LogP contribution in [0.25, 0.3) is 0 Å². The van der Waals surface area contributed by atoms with Gasteiger partial charge >= 0.3 is 0 Å². The van der Waals surface area contributed by atoms with E-state index in [0.717, 1.165) is 9.87 Å². The molecule has 0 fully saturated rings. The molecule has 214 valence electrons. The fourth-order valence-corrected chi connectivity index (χ4v) is 6.14. The number of carbonyl (C=O) groups is 2. The van der Waals surface area contributed by atoms with Crippen molar-refractivity contribution in [1.82, 2.24) is 10.2 Å². The highest BCUT2D eigenvalue weighted by molar-refractivity contribution is 7.92. The molecule has 0 aromatic heterocycles. The summed E-state index contributed by atoms with van der Waals surface area (Å²) in [7, 11) is -4.12. The van der Waals surface area contributed by atoms with Gasteiger partial charge in [0.2, 0.25) is 11.8 Å². The highest BCUT2D eigenvalue weighted by Gasteiger charge is 2.35. The Morgan fingerprint density at radius 3 is 2.02 bits per heavy atom. The number of nitrogens with zero attached hydrogens (tertiary/aromatic N) is 2. The maximum atomic E-state index is 14.2. The number of halogens is 1. The predicted octanol–water partition coefficient (Wildman–Crippen LogP) is 5.82. The van der Waals surface area contributed by atoms with E-state index in [4.69, 9.17) is 11.6 Å². The lowest BCUT2D eigenvalue weighted by Crippen LogP contribution is -2.55. The fourth-order valence-electron chi connectivity index (χ4n) is 4.47. The summed E-state index contributed by atoms with van der Waals surface area (Å²) in [5.41, 5.74) is 1.34. The Labute approximate surface area is 243 Å². The molecule has 0 saturated carbocycles. The van der Waals surface area contributed by atoms with Crippen molar-refractivity contribution in [3.8, 4) is 0 Å². The maximum Gasteiger partial charge on any atom is 0.264 e. The summed E-state index contributed by atoms with van der Waals surface area (Å²) in [6.07, 6.45) is 0.898. The molecule has 0 saturated heterocycles. The first-order valence-electron chi connectivity index (χ1n) is 13.4. The van der Waals surface area contributed by atoms with E-state index in [-0.39, 0.29) is 17.3 Å². The number of hydrogen-bond donors (Lipinski definition) is 1. The van der Waals surface area contributed by atoms with E-state index in [9.17, 15) is 18.0 Å². The third-order valence-corrected chi connectivity index (χ3v) is 8.58. The first kappa shape index (κ1) is 31.2. The minimum absolute atomic E-state index is 0.0449. The highest BCUT2D eigenvalue weighted by atomic mass is 35.5. The molecule has 2 amide bonds. The van der Waals surface area contributed by atoms with E-state index in [0.29, 0.717) is 29.1 Å². The van der Waals surface area contributed by atoms with E-state index in [1.165, 1.54) is 17.0 Å². The molecular formula is C31H38ClN3O4S. The molecule has 40 heavy (non-hydrogen) atoms. The van der Waals surface area contributed by atoms with Crippen molar-refractivity contribution in [1.29, 1.82) is 0 Å². The van der Waals surface area contributed by atoms with E-state index >= 15 is 0 Å². The van der Waals surface area contributed by atoms with Gasteiger partial charge in [-0.1, -0.05) is 80.0 Å². The molecular weight excluding hydrogens is 546 g/mol. The fraction of sp³-hybridized carbons (Fsp3) is 0.355. The number of aryl methyl sites for hydroxylation is 1. The van der Waals surface area contributed by atoms with E-state index in [1.807, 2.05) is 52.8 Å². The number of rotatable bonds is 11. The molecule has 3 aromatic rings. The Hall–Kier alpha value is -3.36. The zero-order chi connectivity index (χ0) is 29.5. The largest absolute Gasteiger partial charge is 0.350 e. The SMILES string of the molecule is CCc1ccccc1N(CC(=O)N(Cc1ccccc1Cl)C(CC)C(=O)NC(C)(C)C)S(=O)(=O)c1ccccc1. The third-order valence-electron chi connectivity index (χ3n) is 6.43. The number of para-hydroxylation sites is 1. The van der Waals surface area contributed by atoms with Gasteiger partial charge < -0.3 is 10.2 Å². The van der Waals surface area contributed by atoms with Gasteiger partial charge in [-0.15, -0.1) is 0 Å². The Morgan fingerprint density at radius 1 is 0.875 bits per heavy atom. The summed E-state index contributed by atoms with van der Waals surface area (Å²) in [5.74, 6) is -0.830. The minimum atomic E-state index is -4.12. The summed E-state index contributed by atoms with van der Waals surface area (Å²) in [5, 5.41) is 3.42. The van der Waals surface area contributed by atoms with Crippen molar-refractivity contribution in [2.75, 3.05) is 10.8 Å². The van der Waals surface area contributed by atoms with Gasteiger partial charge in [-0.2, -0.15) is 0 Å². The van der Waals surface area contributed by atoms with Crippen LogP contribution >= 0.6 is 11.6 Å². The van der Waals surface area contributed by atoms with Crippen LogP contribution in [0.3, 0.4) is 0 Å². The Kier molecular flexibility index (Phi) is 10.4. The van der Waals surface area contributed by atoms with Crippen molar-refractivity contribution < 1.29 is 18.0 Å². The second-order valence-corrected chi connectivity index (χ2v) is 12.9. The zero-order valence-corrected chi connectivity index (χ0v) is 25.3. The van der Waals surface area contributed by atoms with Gasteiger partial charge in [0.15, 0.2) is 0 Å². The average Bonchev–Trinajstić information content (AvgIpc) is 2.92. The molecule has 0 bridgehead atoms. The van der Waals surface area contributed by atoms with Crippen LogP contribution in [0.2, 0.25) is 5.02 Å². The summed E-state index contributed by atoms with van der Waals surface area (Å²) in [6.45, 7) is 8.92. The van der Waals surface area contributed by atoms with Gasteiger partial charge in [0, 0.05) is 17.1 Å². The van der Waals surface area contributed by atoms with Crippen molar-refractivity contribution in [3.63, 3.8) is 0 Å². The topological polar surface area (TPSA) is 86.8 Å². The number of hydrogen-bond acceptors (Lipinski definition) is 4. The van der Waals surface area contributed by atoms with Gasteiger partial charge in [0.05, 0.1) is 10.6 Å². The molecule has 1 atom stereocenters. The van der Waals surface area contributed by atoms with Crippen LogP contribution in [0.1, 0.15) is 52.2 Å². The van der Waals surface area contributed by atoms with Crippen molar-refractivity contribution >= 4 is 39.1 Å². The standard InChI is InChI=1S/C31H38ClN3O4S/c1-6-23-15-12-14-20-28(23)35(40(38,39)25-17-9-8-10-18-25)22-29(36)34(21-24-16-11-13-19-26(24)32)27(7-2)30(37)33-31(3,4)5/h8-20,27H,6-7,21-22H2,1-5H3,(H,33,37). The molecule has 1 unspecified atom stereocenters. The summed E-state index contributed by atoms with van der Waals surface area (Å²) >= 11 is 6.46. The van der Waals surface area contributed by atoms with Crippen LogP contribution < -0.4 is 9.62 Å². The number of anilines is 1. The van der Waals surface area contributed by atoms with Gasteiger partial charge in [0.25, 0.3) is 10.0 Å². The van der Waals surface area contributed by atoms with Crippen molar-refractivity contribution in [3.05, 3.63) is 95.0 Å². The third kappa shape index (κ3) is 7.64. The molecule has 0 spiro atoms. The molecule has 0 heterocycles. The number of amides is 2. The number of carbonyl (C=O) groups excluding carboxylic acids is 2. The minimum Gasteiger partial charge on any atom is -0.350 e. The lowest BCUT2D eigenvalue weighted by atomic mass is 10.1. The Morgan fingerprint density at radius 2 is 1.45 bits per heavy atom. The van der Waals surface area contributed by atoms with Crippen LogP contribution in [0.15, 0.2) is 83.8 Å².